The first-order chi connectivity index (χ1) is 6.54. The van der Waals surface area contributed by atoms with Gasteiger partial charge < -0.3 is 11.1 Å². The van der Waals surface area contributed by atoms with Gasteiger partial charge in [-0.3, -0.25) is 4.79 Å². The summed E-state index contributed by atoms with van der Waals surface area (Å²) in [5.41, 5.74) is 4.92. The van der Waals surface area contributed by atoms with E-state index in [4.69, 9.17) is 5.73 Å². The van der Waals surface area contributed by atoms with Crippen LogP contribution in [0.15, 0.2) is 0 Å². The summed E-state index contributed by atoms with van der Waals surface area (Å²) in [7, 11) is 0. The van der Waals surface area contributed by atoms with E-state index in [1.165, 1.54) is 0 Å². The minimum atomic E-state index is -2.51. The molecule has 0 heterocycles. The van der Waals surface area contributed by atoms with Crippen molar-refractivity contribution in [2.45, 2.75) is 44.1 Å². The average molecular weight is 206 g/mol. The van der Waals surface area contributed by atoms with E-state index >= 15 is 0 Å². The predicted molar refractivity (Wildman–Crippen MR) is 49.0 cm³/mol. The van der Waals surface area contributed by atoms with Crippen LogP contribution in [0.1, 0.15) is 32.1 Å². The Kier molecular flexibility index (Phi) is 3.80. The molecule has 0 saturated heterocycles. The monoisotopic (exact) mass is 206 g/mol. The van der Waals surface area contributed by atoms with Crippen LogP contribution in [0.4, 0.5) is 8.78 Å². The molecule has 1 rings (SSSR count). The summed E-state index contributed by atoms with van der Waals surface area (Å²) in [6, 6.07) is 0. The highest BCUT2D eigenvalue weighted by atomic mass is 19.3. The maximum Gasteiger partial charge on any atom is 0.255 e. The first kappa shape index (κ1) is 11.4. The zero-order chi connectivity index (χ0) is 10.6. The Balaban J connectivity index is 2.41. The Morgan fingerprint density at radius 2 is 1.93 bits per heavy atom. The lowest BCUT2D eigenvalue weighted by atomic mass is 9.82. The fraction of sp³-hybridized carbons (Fsp3) is 0.889. The first-order valence-electron chi connectivity index (χ1n) is 4.90. The smallest absolute Gasteiger partial charge is 0.255 e. The van der Waals surface area contributed by atoms with Gasteiger partial charge >= 0.3 is 0 Å². The van der Waals surface area contributed by atoms with Gasteiger partial charge in [0.1, 0.15) is 0 Å². The average Bonchev–Trinajstić information content (AvgIpc) is 2.15. The Morgan fingerprint density at radius 3 is 2.43 bits per heavy atom. The number of nitrogens with one attached hydrogen (secondary N) is 1. The van der Waals surface area contributed by atoms with Crippen LogP contribution in [0.5, 0.6) is 0 Å². The molecule has 0 bridgehead atoms. The zero-order valence-electron chi connectivity index (χ0n) is 8.06. The number of nitrogens with two attached hydrogens (primary N) is 1. The molecule has 1 fully saturated rings. The van der Waals surface area contributed by atoms with Gasteiger partial charge in [0, 0.05) is 0 Å². The molecular formula is C9H16F2N2O. The number of carbonyl (C=O) groups excluding carboxylic acids is 1. The molecule has 0 aromatic heterocycles. The van der Waals surface area contributed by atoms with Crippen molar-refractivity contribution in [3.05, 3.63) is 0 Å². The van der Waals surface area contributed by atoms with Crippen LogP contribution in [-0.4, -0.2) is 24.4 Å². The van der Waals surface area contributed by atoms with Gasteiger partial charge in [-0.2, -0.15) is 0 Å². The third-order valence-corrected chi connectivity index (χ3v) is 2.61. The summed E-state index contributed by atoms with van der Waals surface area (Å²) in [5.74, 6) is -0.433. The lowest BCUT2D eigenvalue weighted by Crippen LogP contribution is -2.55. The second-order valence-electron chi connectivity index (χ2n) is 3.82. The van der Waals surface area contributed by atoms with Gasteiger partial charge in [0.15, 0.2) is 0 Å². The SMILES string of the molecule is NC1(C(=O)NCC(F)F)CCCCC1. The standard InChI is InChI=1S/C9H16F2N2O/c10-7(11)6-13-8(14)9(12)4-2-1-3-5-9/h7H,1-6,12H2,(H,13,14). The Hall–Kier alpha value is -0.710. The number of hydrogen-bond acceptors (Lipinski definition) is 2. The van der Waals surface area contributed by atoms with Gasteiger partial charge in [-0.15, -0.1) is 0 Å². The van der Waals surface area contributed by atoms with E-state index in [1.54, 1.807) is 0 Å². The normalized spacial score (nSPS) is 20.9. The Labute approximate surface area is 82.0 Å². The van der Waals surface area contributed by atoms with Crippen molar-refractivity contribution in [3.8, 4) is 0 Å². The molecule has 0 aromatic rings. The van der Waals surface area contributed by atoms with Crippen molar-refractivity contribution in [1.29, 1.82) is 0 Å². The van der Waals surface area contributed by atoms with E-state index in [-0.39, 0.29) is 0 Å². The quantitative estimate of drug-likeness (QED) is 0.724. The molecule has 0 atom stereocenters. The number of hydrogen-bond donors (Lipinski definition) is 2. The van der Waals surface area contributed by atoms with E-state index in [9.17, 15) is 13.6 Å². The van der Waals surface area contributed by atoms with Gasteiger partial charge in [-0.05, 0) is 12.8 Å². The highest BCUT2D eigenvalue weighted by Gasteiger charge is 2.35. The summed E-state index contributed by atoms with van der Waals surface area (Å²) >= 11 is 0. The fourth-order valence-electron chi connectivity index (χ4n) is 1.76. The summed E-state index contributed by atoms with van der Waals surface area (Å²) in [4.78, 5) is 11.5. The van der Waals surface area contributed by atoms with E-state index < -0.39 is 24.4 Å². The molecule has 1 aliphatic rings. The van der Waals surface area contributed by atoms with Crippen LogP contribution < -0.4 is 11.1 Å². The van der Waals surface area contributed by atoms with Crippen molar-refractivity contribution in [2.24, 2.45) is 5.73 Å². The molecule has 1 amide bonds. The minimum absolute atomic E-state index is 0.433. The van der Waals surface area contributed by atoms with Crippen molar-refractivity contribution in [2.75, 3.05) is 6.54 Å². The predicted octanol–water partition coefficient (Wildman–Crippen LogP) is 1.03. The molecule has 3 nitrogen and oxygen atoms in total. The molecule has 0 unspecified atom stereocenters. The molecule has 0 radical (unpaired) electrons. The number of alkyl halides is 2. The molecule has 1 saturated carbocycles. The second kappa shape index (κ2) is 4.68. The van der Waals surface area contributed by atoms with Crippen LogP contribution in [-0.2, 0) is 4.79 Å². The van der Waals surface area contributed by atoms with Crippen LogP contribution in [0, 0.1) is 0 Å². The summed E-state index contributed by atoms with van der Waals surface area (Å²) in [5, 5.41) is 2.18. The topological polar surface area (TPSA) is 55.1 Å². The molecule has 0 aliphatic heterocycles. The van der Waals surface area contributed by atoms with Crippen LogP contribution >= 0.6 is 0 Å². The second-order valence-corrected chi connectivity index (χ2v) is 3.82. The van der Waals surface area contributed by atoms with Gasteiger partial charge in [-0.25, -0.2) is 8.78 Å². The summed E-state index contributed by atoms with van der Waals surface area (Å²) in [6.45, 7) is -0.599. The van der Waals surface area contributed by atoms with E-state index in [2.05, 4.69) is 5.32 Å². The van der Waals surface area contributed by atoms with Gasteiger partial charge in [0.25, 0.3) is 6.43 Å². The van der Waals surface area contributed by atoms with E-state index in [0.29, 0.717) is 12.8 Å². The number of amides is 1. The molecule has 3 N–H and O–H groups in total. The maximum absolute atomic E-state index is 11.8. The van der Waals surface area contributed by atoms with Crippen LogP contribution in [0.3, 0.4) is 0 Å². The lowest BCUT2D eigenvalue weighted by Gasteiger charge is -2.31. The molecule has 82 valence electrons. The maximum atomic E-state index is 11.8. The largest absolute Gasteiger partial charge is 0.349 e. The molecular weight excluding hydrogens is 190 g/mol. The van der Waals surface area contributed by atoms with E-state index in [1.807, 2.05) is 0 Å². The number of halogens is 2. The summed E-state index contributed by atoms with van der Waals surface area (Å²) in [6.07, 6.45) is 1.56. The Bertz CT molecular complexity index is 203. The summed E-state index contributed by atoms with van der Waals surface area (Å²) < 4.78 is 23.7. The van der Waals surface area contributed by atoms with Crippen molar-refractivity contribution < 1.29 is 13.6 Å². The minimum Gasteiger partial charge on any atom is -0.349 e. The number of rotatable bonds is 3. The van der Waals surface area contributed by atoms with Crippen molar-refractivity contribution in [3.63, 3.8) is 0 Å². The van der Waals surface area contributed by atoms with E-state index in [0.717, 1.165) is 19.3 Å². The van der Waals surface area contributed by atoms with Gasteiger partial charge in [0.2, 0.25) is 5.91 Å². The lowest BCUT2D eigenvalue weighted by molar-refractivity contribution is -0.128. The first-order valence-corrected chi connectivity index (χ1v) is 4.90. The van der Waals surface area contributed by atoms with Gasteiger partial charge in [0.05, 0.1) is 12.1 Å². The van der Waals surface area contributed by atoms with Crippen LogP contribution in [0.2, 0.25) is 0 Å². The zero-order valence-corrected chi connectivity index (χ0v) is 8.06. The van der Waals surface area contributed by atoms with Gasteiger partial charge in [-0.1, -0.05) is 19.3 Å². The third kappa shape index (κ3) is 2.90. The molecule has 14 heavy (non-hydrogen) atoms. The molecule has 0 aromatic carbocycles. The number of carbonyl (C=O) groups is 1. The molecule has 1 aliphatic carbocycles. The van der Waals surface area contributed by atoms with Crippen LogP contribution in [0.25, 0.3) is 0 Å². The molecule has 5 heteroatoms. The van der Waals surface area contributed by atoms with Crippen molar-refractivity contribution in [1.82, 2.24) is 5.32 Å². The highest BCUT2D eigenvalue weighted by Crippen LogP contribution is 2.25. The molecule has 0 spiro atoms. The highest BCUT2D eigenvalue weighted by molar-refractivity contribution is 5.86. The third-order valence-electron chi connectivity index (χ3n) is 2.61. The fourth-order valence-corrected chi connectivity index (χ4v) is 1.76. The van der Waals surface area contributed by atoms with Crippen molar-refractivity contribution >= 4 is 5.91 Å². The Morgan fingerprint density at radius 1 is 1.36 bits per heavy atom.